The van der Waals surface area contributed by atoms with Crippen LogP contribution < -0.4 is 10.1 Å². The summed E-state index contributed by atoms with van der Waals surface area (Å²) < 4.78 is 5.75. The van der Waals surface area contributed by atoms with Crippen molar-refractivity contribution in [2.24, 2.45) is 0 Å². The summed E-state index contributed by atoms with van der Waals surface area (Å²) in [6.07, 6.45) is 3.12. The molecule has 1 aliphatic carbocycles. The number of rotatable bonds is 6. The van der Waals surface area contributed by atoms with Crippen molar-refractivity contribution in [2.45, 2.75) is 38.8 Å². The van der Waals surface area contributed by atoms with Gasteiger partial charge in [0.05, 0.1) is 6.10 Å². The van der Waals surface area contributed by atoms with Crippen LogP contribution in [0.2, 0.25) is 0 Å². The number of nitrogens with one attached hydrogen (secondary N) is 1. The Balaban J connectivity index is 1.55. The third-order valence-corrected chi connectivity index (χ3v) is 3.86. The van der Waals surface area contributed by atoms with Crippen LogP contribution in [0.4, 0.5) is 0 Å². The zero-order valence-corrected chi connectivity index (χ0v) is 12.7. The van der Waals surface area contributed by atoms with Gasteiger partial charge < -0.3 is 10.1 Å². The van der Waals surface area contributed by atoms with Gasteiger partial charge in [-0.2, -0.15) is 0 Å². The van der Waals surface area contributed by atoms with Gasteiger partial charge >= 0.3 is 0 Å². The van der Waals surface area contributed by atoms with Gasteiger partial charge in [-0.25, -0.2) is 4.98 Å². The summed E-state index contributed by atoms with van der Waals surface area (Å²) in [5.41, 5.74) is 4.11. The molecule has 1 heterocycles. The molecule has 1 aromatic heterocycles. The zero-order chi connectivity index (χ0) is 14.7. The van der Waals surface area contributed by atoms with Crippen molar-refractivity contribution in [3.8, 4) is 5.88 Å². The smallest absolute Gasteiger partial charge is 0.218 e. The van der Waals surface area contributed by atoms with Gasteiger partial charge in [0.15, 0.2) is 0 Å². The van der Waals surface area contributed by atoms with E-state index in [1.807, 2.05) is 19.9 Å². The van der Waals surface area contributed by atoms with E-state index in [9.17, 15) is 0 Å². The molecule has 1 aliphatic rings. The first-order chi connectivity index (χ1) is 10.2. The van der Waals surface area contributed by atoms with E-state index in [0.29, 0.717) is 5.92 Å². The highest BCUT2D eigenvalue weighted by atomic mass is 16.5. The molecule has 110 valence electrons. The SMILES string of the molecule is CC(C)Oc1ncccc1CNCC1Cc2ccccc21. The maximum absolute atomic E-state index is 5.75. The summed E-state index contributed by atoms with van der Waals surface area (Å²) in [5, 5.41) is 3.54. The maximum atomic E-state index is 5.75. The average Bonchev–Trinajstić information content (AvgIpc) is 2.45. The molecule has 0 saturated heterocycles. The van der Waals surface area contributed by atoms with Crippen LogP contribution in [0.3, 0.4) is 0 Å². The lowest BCUT2D eigenvalue weighted by atomic mass is 9.77. The molecule has 2 aromatic rings. The predicted octanol–water partition coefficient (Wildman–Crippen LogP) is 3.30. The number of ether oxygens (including phenoxy) is 1. The second-order valence-corrected chi connectivity index (χ2v) is 5.87. The van der Waals surface area contributed by atoms with Crippen molar-refractivity contribution < 1.29 is 4.74 Å². The van der Waals surface area contributed by atoms with E-state index in [0.717, 1.165) is 24.5 Å². The molecule has 0 spiro atoms. The van der Waals surface area contributed by atoms with Gasteiger partial charge in [-0.3, -0.25) is 0 Å². The third kappa shape index (κ3) is 3.24. The van der Waals surface area contributed by atoms with Gasteiger partial charge in [0.25, 0.3) is 0 Å². The largest absolute Gasteiger partial charge is 0.475 e. The summed E-state index contributed by atoms with van der Waals surface area (Å²) in [6, 6.07) is 12.7. The molecule has 3 nitrogen and oxygen atoms in total. The van der Waals surface area contributed by atoms with Crippen LogP contribution in [0.5, 0.6) is 5.88 Å². The fourth-order valence-corrected chi connectivity index (χ4v) is 2.81. The molecule has 3 rings (SSSR count). The average molecular weight is 282 g/mol. The van der Waals surface area contributed by atoms with E-state index in [2.05, 4.69) is 40.6 Å². The Kier molecular flexibility index (Phi) is 4.20. The van der Waals surface area contributed by atoms with Crippen LogP contribution in [0, 0.1) is 0 Å². The lowest BCUT2D eigenvalue weighted by Crippen LogP contribution is -2.29. The van der Waals surface area contributed by atoms with Crippen molar-refractivity contribution in [2.75, 3.05) is 6.54 Å². The zero-order valence-electron chi connectivity index (χ0n) is 12.7. The molecule has 0 saturated carbocycles. The Hall–Kier alpha value is -1.87. The quantitative estimate of drug-likeness (QED) is 0.882. The van der Waals surface area contributed by atoms with Crippen LogP contribution in [-0.4, -0.2) is 17.6 Å². The number of benzene rings is 1. The molecule has 0 amide bonds. The van der Waals surface area contributed by atoms with Gasteiger partial charge in [0, 0.05) is 30.8 Å². The molecular weight excluding hydrogens is 260 g/mol. The highest BCUT2D eigenvalue weighted by molar-refractivity contribution is 5.40. The Labute approximate surface area is 126 Å². The van der Waals surface area contributed by atoms with E-state index in [1.54, 1.807) is 6.20 Å². The topological polar surface area (TPSA) is 34.1 Å². The molecule has 0 aliphatic heterocycles. The summed E-state index contributed by atoms with van der Waals surface area (Å²) >= 11 is 0. The number of hydrogen-bond donors (Lipinski definition) is 1. The normalized spacial score (nSPS) is 16.4. The lowest BCUT2D eigenvalue weighted by molar-refractivity contribution is 0.229. The van der Waals surface area contributed by atoms with Crippen molar-refractivity contribution in [3.05, 3.63) is 59.3 Å². The molecule has 0 fully saturated rings. The number of fused-ring (bicyclic) bond motifs is 1. The monoisotopic (exact) mass is 282 g/mol. The van der Waals surface area contributed by atoms with Gasteiger partial charge in [0.1, 0.15) is 0 Å². The fraction of sp³-hybridized carbons (Fsp3) is 0.389. The van der Waals surface area contributed by atoms with Gasteiger partial charge in [-0.1, -0.05) is 30.3 Å². The standard InChI is InChI=1S/C18H22N2O/c1-13(2)21-18-15(7-5-9-20-18)11-19-12-16-10-14-6-3-4-8-17(14)16/h3-9,13,16,19H,10-12H2,1-2H3. The van der Waals surface area contributed by atoms with Crippen LogP contribution in [0.25, 0.3) is 0 Å². The second-order valence-electron chi connectivity index (χ2n) is 5.87. The van der Waals surface area contributed by atoms with Crippen LogP contribution >= 0.6 is 0 Å². The van der Waals surface area contributed by atoms with E-state index < -0.39 is 0 Å². The molecule has 0 bridgehead atoms. The molecule has 3 heteroatoms. The Morgan fingerprint density at radius 1 is 1.24 bits per heavy atom. The van der Waals surface area contributed by atoms with E-state index >= 15 is 0 Å². The minimum atomic E-state index is 0.150. The van der Waals surface area contributed by atoms with Crippen molar-refractivity contribution in [1.82, 2.24) is 10.3 Å². The molecule has 1 aromatic carbocycles. The predicted molar refractivity (Wildman–Crippen MR) is 84.6 cm³/mol. The van der Waals surface area contributed by atoms with Crippen LogP contribution in [0.15, 0.2) is 42.6 Å². The third-order valence-electron chi connectivity index (χ3n) is 3.86. The molecule has 1 atom stereocenters. The van der Waals surface area contributed by atoms with Crippen molar-refractivity contribution in [3.63, 3.8) is 0 Å². The van der Waals surface area contributed by atoms with Crippen LogP contribution in [-0.2, 0) is 13.0 Å². The van der Waals surface area contributed by atoms with E-state index in [4.69, 9.17) is 4.74 Å². The maximum Gasteiger partial charge on any atom is 0.218 e. The number of hydrogen-bond acceptors (Lipinski definition) is 3. The number of nitrogens with zero attached hydrogens (tertiary/aromatic N) is 1. The summed E-state index contributed by atoms with van der Waals surface area (Å²) in [4.78, 5) is 4.32. The van der Waals surface area contributed by atoms with Gasteiger partial charge in [-0.05, 0) is 37.5 Å². The minimum Gasteiger partial charge on any atom is -0.475 e. The number of aromatic nitrogens is 1. The molecule has 1 N–H and O–H groups in total. The summed E-state index contributed by atoms with van der Waals surface area (Å²) in [5.74, 6) is 1.39. The Morgan fingerprint density at radius 2 is 2.10 bits per heavy atom. The molecular formula is C18H22N2O. The van der Waals surface area contributed by atoms with Gasteiger partial charge in [-0.15, -0.1) is 0 Å². The molecule has 0 radical (unpaired) electrons. The van der Waals surface area contributed by atoms with Crippen molar-refractivity contribution >= 4 is 0 Å². The summed E-state index contributed by atoms with van der Waals surface area (Å²) in [7, 11) is 0. The molecule has 1 unspecified atom stereocenters. The minimum absolute atomic E-state index is 0.150. The first-order valence-electron chi connectivity index (χ1n) is 7.63. The first kappa shape index (κ1) is 14.1. The summed E-state index contributed by atoms with van der Waals surface area (Å²) in [6.45, 7) is 5.86. The van der Waals surface area contributed by atoms with E-state index in [-0.39, 0.29) is 6.10 Å². The Bertz CT molecular complexity index is 610. The number of pyridine rings is 1. The van der Waals surface area contributed by atoms with Crippen LogP contribution in [0.1, 0.15) is 36.5 Å². The van der Waals surface area contributed by atoms with Gasteiger partial charge in [0.2, 0.25) is 5.88 Å². The molecule has 21 heavy (non-hydrogen) atoms. The second kappa shape index (κ2) is 6.27. The highest BCUT2D eigenvalue weighted by Crippen LogP contribution is 2.34. The van der Waals surface area contributed by atoms with Crippen molar-refractivity contribution in [1.29, 1.82) is 0 Å². The van der Waals surface area contributed by atoms with E-state index in [1.165, 1.54) is 17.5 Å². The fourth-order valence-electron chi connectivity index (χ4n) is 2.81. The Morgan fingerprint density at radius 3 is 2.90 bits per heavy atom. The lowest BCUT2D eigenvalue weighted by Gasteiger charge is -2.30. The highest BCUT2D eigenvalue weighted by Gasteiger charge is 2.24. The first-order valence-corrected chi connectivity index (χ1v) is 7.63.